The second kappa shape index (κ2) is 8.23. The molecule has 0 radical (unpaired) electrons. The van der Waals surface area contributed by atoms with Crippen LogP contribution < -0.4 is 5.32 Å². The molecule has 1 fully saturated rings. The zero-order valence-corrected chi connectivity index (χ0v) is 14.7. The van der Waals surface area contributed by atoms with Crippen molar-refractivity contribution in [2.24, 2.45) is 0 Å². The molecule has 2 aromatic rings. The third-order valence-electron chi connectivity index (χ3n) is 4.37. The fraction of sp³-hybridized carbons (Fsp3) is 0.400. The quantitative estimate of drug-likeness (QED) is 0.878. The number of nitrogens with one attached hydrogen (secondary N) is 1. The Morgan fingerprint density at radius 1 is 1.36 bits per heavy atom. The lowest BCUT2D eigenvalue weighted by atomic mass is 9.99. The monoisotopic (exact) mass is 340 g/mol. The van der Waals surface area contributed by atoms with Crippen molar-refractivity contribution >= 4 is 5.91 Å². The number of amides is 1. The second-order valence-corrected chi connectivity index (χ2v) is 6.39. The van der Waals surface area contributed by atoms with Crippen LogP contribution in [0, 0.1) is 6.92 Å². The highest BCUT2D eigenvalue weighted by molar-refractivity contribution is 5.97. The molecule has 0 saturated carbocycles. The van der Waals surface area contributed by atoms with Gasteiger partial charge in [0.1, 0.15) is 0 Å². The molecular weight excluding hydrogens is 316 g/mol. The smallest absolute Gasteiger partial charge is 0.251 e. The van der Waals surface area contributed by atoms with E-state index >= 15 is 0 Å². The second-order valence-electron chi connectivity index (χ2n) is 6.39. The molecule has 5 heteroatoms. The van der Waals surface area contributed by atoms with E-state index in [-0.39, 0.29) is 18.1 Å². The molecule has 1 amide bonds. The number of hydrogen-bond donors (Lipinski definition) is 1. The zero-order valence-electron chi connectivity index (χ0n) is 14.7. The van der Waals surface area contributed by atoms with Crippen molar-refractivity contribution in [3.63, 3.8) is 0 Å². The Hall–Kier alpha value is -2.24. The van der Waals surface area contributed by atoms with Gasteiger partial charge in [-0.15, -0.1) is 0 Å². The van der Waals surface area contributed by atoms with E-state index in [1.807, 2.05) is 50.2 Å². The fourth-order valence-electron chi connectivity index (χ4n) is 2.95. The van der Waals surface area contributed by atoms with E-state index in [1.165, 1.54) is 0 Å². The van der Waals surface area contributed by atoms with E-state index in [9.17, 15) is 4.79 Å². The van der Waals surface area contributed by atoms with Crippen LogP contribution in [0.3, 0.4) is 0 Å². The molecule has 1 aromatic heterocycles. The molecule has 0 spiro atoms. The lowest BCUT2D eigenvalue weighted by Gasteiger charge is -2.18. The standard InChI is InChI=1S/C20H24N2O3/c1-14(12-25-16-9-11-24-13-16)22-20(23)18-7-5-6-17(15(18)2)19-8-3-4-10-21-19/h3-8,10,14,16H,9,11-13H2,1-2H3,(H,22,23)/t14-,16+/m0/s1. The Kier molecular flexibility index (Phi) is 5.79. The van der Waals surface area contributed by atoms with Gasteiger partial charge >= 0.3 is 0 Å². The summed E-state index contributed by atoms with van der Waals surface area (Å²) in [5.74, 6) is -0.0888. The molecule has 1 aromatic carbocycles. The molecule has 5 nitrogen and oxygen atoms in total. The van der Waals surface area contributed by atoms with Crippen molar-refractivity contribution in [2.75, 3.05) is 19.8 Å². The molecule has 1 aliphatic heterocycles. The maximum absolute atomic E-state index is 12.6. The first-order valence-corrected chi connectivity index (χ1v) is 8.66. The number of hydrogen-bond acceptors (Lipinski definition) is 4. The summed E-state index contributed by atoms with van der Waals surface area (Å²) >= 11 is 0. The Morgan fingerprint density at radius 3 is 2.96 bits per heavy atom. The van der Waals surface area contributed by atoms with E-state index in [2.05, 4.69) is 10.3 Å². The minimum absolute atomic E-state index is 0.0639. The van der Waals surface area contributed by atoms with E-state index in [4.69, 9.17) is 9.47 Å². The highest BCUT2D eigenvalue weighted by Crippen LogP contribution is 2.23. The number of pyridine rings is 1. The summed E-state index contributed by atoms with van der Waals surface area (Å²) in [5.41, 5.74) is 3.43. The maximum atomic E-state index is 12.6. The maximum Gasteiger partial charge on any atom is 0.251 e. The van der Waals surface area contributed by atoms with Crippen molar-refractivity contribution < 1.29 is 14.3 Å². The van der Waals surface area contributed by atoms with Crippen LogP contribution in [0.5, 0.6) is 0 Å². The van der Waals surface area contributed by atoms with Crippen LogP contribution in [0.25, 0.3) is 11.3 Å². The summed E-state index contributed by atoms with van der Waals surface area (Å²) in [7, 11) is 0. The fourth-order valence-corrected chi connectivity index (χ4v) is 2.95. The van der Waals surface area contributed by atoms with Gasteiger partial charge in [-0.05, 0) is 44.0 Å². The normalized spacial score (nSPS) is 18.1. The number of nitrogens with zero attached hydrogens (tertiary/aromatic N) is 1. The Bertz CT molecular complexity index is 712. The summed E-state index contributed by atoms with van der Waals surface area (Å²) in [4.78, 5) is 17.0. The summed E-state index contributed by atoms with van der Waals surface area (Å²) in [5, 5.41) is 3.01. The van der Waals surface area contributed by atoms with Gasteiger partial charge in [-0.25, -0.2) is 0 Å². The number of carbonyl (C=O) groups excluding carboxylic acids is 1. The van der Waals surface area contributed by atoms with Gasteiger partial charge in [0.2, 0.25) is 0 Å². The molecular formula is C20H24N2O3. The Balaban J connectivity index is 1.65. The van der Waals surface area contributed by atoms with Crippen LogP contribution in [0.15, 0.2) is 42.6 Å². The first-order valence-electron chi connectivity index (χ1n) is 8.66. The summed E-state index contributed by atoms with van der Waals surface area (Å²) in [6, 6.07) is 11.4. The largest absolute Gasteiger partial charge is 0.379 e. The molecule has 1 saturated heterocycles. The van der Waals surface area contributed by atoms with Crippen molar-refractivity contribution in [1.82, 2.24) is 10.3 Å². The third kappa shape index (κ3) is 4.44. The van der Waals surface area contributed by atoms with Gasteiger partial charge in [0.25, 0.3) is 5.91 Å². The van der Waals surface area contributed by atoms with Crippen LogP contribution in [-0.2, 0) is 9.47 Å². The van der Waals surface area contributed by atoms with E-state index < -0.39 is 0 Å². The molecule has 1 N–H and O–H groups in total. The number of aromatic nitrogens is 1. The molecule has 0 unspecified atom stereocenters. The van der Waals surface area contributed by atoms with Crippen molar-refractivity contribution in [3.05, 3.63) is 53.7 Å². The van der Waals surface area contributed by atoms with Gasteiger partial charge in [0.05, 0.1) is 25.0 Å². The van der Waals surface area contributed by atoms with Gasteiger partial charge in [0, 0.05) is 30.0 Å². The van der Waals surface area contributed by atoms with E-state index in [0.29, 0.717) is 18.8 Å². The minimum atomic E-state index is -0.0888. The highest BCUT2D eigenvalue weighted by Gasteiger charge is 2.19. The average Bonchev–Trinajstić information content (AvgIpc) is 3.14. The molecule has 1 aliphatic rings. The van der Waals surface area contributed by atoms with Gasteiger partial charge in [-0.2, -0.15) is 0 Å². The van der Waals surface area contributed by atoms with Crippen molar-refractivity contribution in [1.29, 1.82) is 0 Å². The third-order valence-corrected chi connectivity index (χ3v) is 4.37. The summed E-state index contributed by atoms with van der Waals surface area (Å²) in [6.45, 7) is 5.79. The van der Waals surface area contributed by atoms with Gasteiger partial charge in [0.15, 0.2) is 0 Å². The minimum Gasteiger partial charge on any atom is -0.379 e. The molecule has 2 atom stereocenters. The van der Waals surface area contributed by atoms with Crippen LogP contribution >= 0.6 is 0 Å². The average molecular weight is 340 g/mol. The van der Waals surface area contributed by atoms with Crippen molar-refractivity contribution in [2.45, 2.75) is 32.4 Å². The topological polar surface area (TPSA) is 60.5 Å². The number of rotatable bonds is 6. The summed E-state index contributed by atoms with van der Waals surface area (Å²) in [6.07, 6.45) is 2.83. The zero-order chi connectivity index (χ0) is 17.6. The van der Waals surface area contributed by atoms with Crippen LogP contribution in [0.4, 0.5) is 0 Å². The van der Waals surface area contributed by atoms with Crippen LogP contribution in [0.2, 0.25) is 0 Å². The SMILES string of the molecule is Cc1c(C(=O)N[C@@H](C)CO[C@@H]2CCOC2)cccc1-c1ccccn1. The van der Waals surface area contributed by atoms with Crippen LogP contribution in [0.1, 0.15) is 29.3 Å². The highest BCUT2D eigenvalue weighted by atomic mass is 16.5. The van der Waals surface area contributed by atoms with Crippen molar-refractivity contribution in [3.8, 4) is 11.3 Å². The van der Waals surface area contributed by atoms with Gasteiger partial charge < -0.3 is 14.8 Å². The Morgan fingerprint density at radius 2 is 2.24 bits per heavy atom. The number of benzene rings is 1. The predicted octanol–water partition coefficient (Wildman–Crippen LogP) is 2.98. The van der Waals surface area contributed by atoms with E-state index in [0.717, 1.165) is 29.8 Å². The first kappa shape index (κ1) is 17.6. The van der Waals surface area contributed by atoms with E-state index in [1.54, 1.807) is 6.20 Å². The molecule has 3 rings (SSSR count). The molecule has 0 aliphatic carbocycles. The Labute approximate surface area is 148 Å². The molecule has 0 bridgehead atoms. The molecule has 132 valence electrons. The lowest BCUT2D eigenvalue weighted by molar-refractivity contribution is 0.0318. The number of carbonyl (C=O) groups is 1. The number of ether oxygens (including phenoxy) is 2. The molecule has 2 heterocycles. The molecule has 25 heavy (non-hydrogen) atoms. The summed E-state index contributed by atoms with van der Waals surface area (Å²) < 4.78 is 11.1. The van der Waals surface area contributed by atoms with Gasteiger partial charge in [-0.1, -0.05) is 18.2 Å². The predicted molar refractivity (Wildman–Crippen MR) is 96.5 cm³/mol. The van der Waals surface area contributed by atoms with Gasteiger partial charge in [-0.3, -0.25) is 9.78 Å². The lowest BCUT2D eigenvalue weighted by Crippen LogP contribution is -2.37. The van der Waals surface area contributed by atoms with Crippen LogP contribution in [-0.4, -0.2) is 42.9 Å². The first-order chi connectivity index (χ1) is 12.1.